The summed E-state index contributed by atoms with van der Waals surface area (Å²) in [5, 5.41) is 0. The summed E-state index contributed by atoms with van der Waals surface area (Å²) in [5.74, 6) is -0.484. The molecule has 0 saturated carbocycles. The SMILES string of the molecule is COC(=O)c1ccc(CCNS(=O)(=O)c2cccc(C(F)(F)F)c2)cc1. The van der Waals surface area contributed by atoms with Crippen LogP contribution in [0.3, 0.4) is 0 Å². The summed E-state index contributed by atoms with van der Waals surface area (Å²) in [4.78, 5) is 10.9. The third kappa shape index (κ3) is 5.06. The van der Waals surface area contributed by atoms with Gasteiger partial charge in [-0.2, -0.15) is 13.2 Å². The number of hydrogen-bond acceptors (Lipinski definition) is 4. The fraction of sp³-hybridized carbons (Fsp3) is 0.235. The molecule has 9 heteroatoms. The number of methoxy groups -OCH3 is 1. The van der Waals surface area contributed by atoms with Crippen molar-refractivity contribution in [1.82, 2.24) is 4.72 Å². The van der Waals surface area contributed by atoms with Gasteiger partial charge in [0, 0.05) is 6.54 Å². The van der Waals surface area contributed by atoms with Crippen molar-refractivity contribution in [3.63, 3.8) is 0 Å². The number of nitrogens with one attached hydrogen (secondary N) is 1. The molecule has 140 valence electrons. The van der Waals surface area contributed by atoms with Crippen LogP contribution < -0.4 is 4.72 Å². The van der Waals surface area contributed by atoms with Crippen LogP contribution in [0.15, 0.2) is 53.4 Å². The average molecular weight is 387 g/mol. The summed E-state index contributed by atoms with van der Waals surface area (Å²) in [6, 6.07) is 9.92. The van der Waals surface area contributed by atoms with E-state index in [1.807, 2.05) is 0 Å². The molecule has 0 unspecified atom stereocenters. The summed E-state index contributed by atoms with van der Waals surface area (Å²) >= 11 is 0. The summed E-state index contributed by atoms with van der Waals surface area (Å²) in [7, 11) is -2.80. The van der Waals surface area contributed by atoms with Crippen LogP contribution in [0, 0.1) is 0 Å². The van der Waals surface area contributed by atoms with Crippen LogP contribution in [0.5, 0.6) is 0 Å². The lowest BCUT2D eigenvalue weighted by Gasteiger charge is -2.10. The molecule has 0 saturated heterocycles. The molecule has 0 aromatic heterocycles. The van der Waals surface area contributed by atoms with E-state index in [9.17, 15) is 26.4 Å². The summed E-state index contributed by atoms with van der Waals surface area (Å²) < 4.78 is 69.2. The first kappa shape index (κ1) is 19.9. The Labute approximate surface area is 148 Å². The van der Waals surface area contributed by atoms with Gasteiger partial charge in [-0.25, -0.2) is 17.9 Å². The van der Waals surface area contributed by atoms with Crippen LogP contribution in [0.4, 0.5) is 13.2 Å². The zero-order valence-electron chi connectivity index (χ0n) is 13.7. The van der Waals surface area contributed by atoms with Crippen molar-refractivity contribution in [1.29, 1.82) is 0 Å². The Bertz CT molecular complexity index is 878. The van der Waals surface area contributed by atoms with Gasteiger partial charge in [-0.15, -0.1) is 0 Å². The van der Waals surface area contributed by atoms with Crippen LogP contribution in [0.2, 0.25) is 0 Å². The van der Waals surface area contributed by atoms with E-state index in [1.165, 1.54) is 7.11 Å². The molecule has 1 N–H and O–H groups in total. The molecule has 26 heavy (non-hydrogen) atoms. The molecule has 0 fully saturated rings. The van der Waals surface area contributed by atoms with Gasteiger partial charge in [0.25, 0.3) is 0 Å². The molecule has 5 nitrogen and oxygen atoms in total. The molecule has 2 rings (SSSR count). The molecule has 0 aliphatic rings. The number of rotatable bonds is 6. The maximum atomic E-state index is 12.7. The average Bonchev–Trinajstić information content (AvgIpc) is 2.61. The molecule has 0 amide bonds. The smallest absolute Gasteiger partial charge is 0.416 e. The van der Waals surface area contributed by atoms with Gasteiger partial charge in [0.2, 0.25) is 10.0 Å². The van der Waals surface area contributed by atoms with Gasteiger partial charge in [-0.3, -0.25) is 0 Å². The molecule has 0 aliphatic carbocycles. The normalized spacial score (nSPS) is 12.0. The molecular weight excluding hydrogens is 371 g/mol. The van der Waals surface area contributed by atoms with Crippen LogP contribution >= 0.6 is 0 Å². The second-order valence-corrected chi connectivity index (χ2v) is 7.13. The molecule has 0 aliphatic heterocycles. The maximum Gasteiger partial charge on any atom is 0.416 e. The fourth-order valence-corrected chi connectivity index (χ4v) is 3.26. The molecule has 0 atom stereocenters. The van der Waals surface area contributed by atoms with E-state index >= 15 is 0 Å². The quantitative estimate of drug-likeness (QED) is 0.774. The van der Waals surface area contributed by atoms with Crippen LogP contribution in [-0.4, -0.2) is 28.0 Å². The maximum absolute atomic E-state index is 12.7. The van der Waals surface area contributed by atoms with Crippen LogP contribution in [0.1, 0.15) is 21.5 Å². The second kappa shape index (κ2) is 7.88. The summed E-state index contributed by atoms with van der Waals surface area (Å²) in [5.41, 5.74) is 0.0870. The van der Waals surface area contributed by atoms with Gasteiger partial charge >= 0.3 is 12.1 Å². The van der Waals surface area contributed by atoms with E-state index in [0.29, 0.717) is 18.1 Å². The number of alkyl halides is 3. The number of carbonyl (C=O) groups excluding carboxylic acids is 1. The Morgan fingerprint density at radius 3 is 2.35 bits per heavy atom. The Morgan fingerprint density at radius 2 is 1.77 bits per heavy atom. The van der Waals surface area contributed by atoms with Crippen LogP contribution in [-0.2, 0) is 27.4 Å². The van der Waals surface area contributed by atoms with Crippen molar-refractivity contribution in [2.45, 2.75) is 17.5 Å². The molecular formula is C17H16F3NO4S. The highest BCUT2D eigenvalue weighted by molar-refractivity contribution is 7.89. The fourth-order valence-electron chi connectivity index (χ4n) is 2.18. The molecule has 0 heterocycles. The Morgan fingerprint density at radius 1 is 1.12 bits per heavy atom. The van der Waals surface area contributed by atoms with Crippen molar-refractivity contribution in [3.05, 3.63) is 65.2 Å². The molecule has 0 radical (unpaired) electrons. The zero-order valence-corrected chi connectivity index (χ0v) is 14.5. The lowest BCUT2D eigenvalue weighted by atomic mass is 10.1. The number of ether oxygens (including phenoxy) is 1. The number of sulfonamides is 1. The minimum atomic E-state index is -4.62. The topological polar surface area (TPSA) is 72.5 Å². The highest BCUT2D eigenvalue weighted by Crippen LogP contribution is 2.30. The minimum absolute atomic E-state index is 0.00382. The molecule has 0 bridgehead atoms. The highest BCUT2D eigenvalue weighted by atomic mass is 32.2. The molecule has 0 spiro atoms. The van der Waals surface area contributed by atoms with Crippen molar-refractivity contribution >= 4 is 16.0 Å². The van der Waals surface area contributed by atoms with E-state index in [2.05, 4.69) is 9.46 Å². The number of benzene rings is 2. The van der Waals surface area contributed by atoms with Gasteiger partial charge in [-0.05, 0) is 42.3 Å². The monoisotopic (exact) mass is 387 g/mol. The van der Waals surface area contributed by atoms with Crippen LogP contribution in [0.25, 0.3) is 0 Å². The standard InChI is InChI=1S/C17H16F3NO4S/c1-25-16(22)13-7-5-12(6-8-13)9-10-21-26(23,24)15-4-2-3-14(11-15)17(18,19)20/h2-8,11,21H,9-10H2,1H3. The van der Waals surface area contributed by atoms with E-state index in [0.717, 1.165) is 23.8 Å². The van der Waals surface area contributed by atoms with E-state index in [-0.39, 0.29) is 6.54 Å². The number of carbonyl (C=O) groups is 1. The van der Waals surface area contributed by atoms with E-state index in [1.54, 1.807) is 24.3 Å². The molecule has 2 aromatic carbocycles. The van der Waals surface area contributed by atoms with Crippen molar-refractivity contribution in [2.24, 2.45) is 0 Å². The number of halogens is 3. The predicted molar refractivity (Wildman–Crippen MR) is 88.1 cm³/mol. The predicted octanol–water partition coefficient (Wildman–Crippen LogP) is 3.01. The minimum Gasteiger partial charge on any atom is -0.465 e. The third-order valence-electron chi connectivity index (χ3n) is 3.55. The summed E-state index contributed by atoms with van der Waals surface area (Å²) in [6.07, 6.45) is -4.31. The van der Waals surface area contributed by atoms with Gasteiger partial charge in [0.15, 0.2) is 0 Å². The van der Waals surface area contributed by atoms with Gasteiger partial charge < -0.3 is 4.74 Å². The Kier molecular flexibility index (Phi) is 6.04. The zero-order chi connectivity index (χ0) is 19.4. The van der Waals surface area contributed by atoms with Crippen molar-refractivity contribution in [2.75, 3.05) is 13.7 Å². The number of esters is 1. The van der Waals surface area contributed by atoms with Gasteiger partial charge in [0.1, 0.15) is 0 Å². The third-order valence-corrected chi connectivity index (χ3v) is 5.01. The van der Waals surface area contributed by atoms with E-state index in [4.69, 9.17) is 0 Å². The first-order chi connectivity index (χ1) is 12.1. The van der Waals surface area contributed by atoms with Crippen molar-refractivity contribution in [3.8, 4) is 0 Å². The molecule has 2 aromatic rings. The number of hydrogen-bond donors (Lipinski definition) is 1. The first-order valence-corrected chi connectivity index (χ1v) is 8.96. The Hall–Kier alpha value is -2.39. The van der Waals surface area contributed by atoms with Crippen molar-refractivity contribution < 1.29 is 31.1 Å². The lowest BCUT2D eigenvalue weighted by Crippen LogP contribution is -2.26. The van der Waals surface area contributed by atoms with Gasteiger partial charge in [-0.1, -0.05) is 18.2 Å². The van der Waals surface area contributed by atoms with E-state index < -0.39 is 32.6 Å². The largest absolute Gasteiger partial charge is 0.465 e. The first-order valence-electron chi connectivity index (χ1n) is 7.47. The Balaban J connectivity index is 2.01. The lowest BCUT2D eigenvalue weighted by molar-refractivity contribution is -0.137. The summed E-state index contributed by atoms with van der Waals surface area (Å²) in [6.45, 7) is -0.00382. The second-order valence-electron chi connectivity index (χ2n) is 5.36. The van der Waals surface area contributed by atoms with Gasteiger partial charge in [0.05, 0.1) is 23.1 Å². The highest BCUT2D eigenvalue weighted by Gasteiger charge is 2.31.